The van der Waals surface area contributed by atoms with Crippen LogP contribution in [0, 0.1) is 18.6 Å². The Labute approximate surface area is 179 Å². The number of anilines is 2. The topological polar surface area (TPSA) is 96.8 Å². The predicted molar refractivity (Wildman–Crippen MR) is 114 cm³/mol. The van der Waals surface area contributed by atoms with Crippen molar-refractivity contribution in [3.05, 3.63) is 53.6 Å². The lowest BCUT2D eigenvalue weighted by Gasteiger charge is -2.15. The number of aryl methyl sites for hydroxylation is 1. The fourth-order valence-electron chi connectivity index (χ4n) is 3.19. The molecule has 3 N–H and O–H groups in total. The van der Waals surface area contributed by atoms with Crippen LogP contribution in [0.5, 0.6) is 0 Å². The molecule has 0 saturated heterocycles. The van der Waals surface area contributed by atoms with Crippen LogP contribution in [0.2, 0.25) is 0 Å². The van der Waals surface area contributed by atoms with Crippen LogP contribution in [-0.4, -0.2) is 45.6 Å². The zero-order valence-electron chi connectivity index (χ0n) is 17.8. The van der Waals surface area contributed by atoms with Crippen molar-refractivity contribution in [2.75, 3.05) is 25.5 Å². The third-order valence-electron chi connectivity index (χ3n) is 4.62. The number of nitrogens with one attached hydrogen (secondary N) is 3. The Morgan fingerprint density at radius 3 is 2.58 bits per heavy atom. The number of carbonyl (C=O) groups excluding carboxylic acids is 1. The third kappa shape index (κ3) is 5.02. The minimum absolute atomic E-state index is 0.0594. The lowest BCUT2D eigenvalue weighted by atomic mass is 10.1. The quantitative estimate of drug-likeness (QED) is 0.476. The summed E-state index contributed by atoms with van der Waals surface area (Å²) in [5.41, 5.74) is 0.872. The minimum atomic E-state index is -0.692. The van der Waals surface area contributed by atoms with Gasteiger partial charge in [-0.1, -0.05) is 0 Å². The van der Waals surface area contributed by atoms with Gasteiger partial charge in [0.2, 0.25) is 5.95 Å². The van der Waals surface area contributed by atoms with E-state index in [1.54, 1.807) is 13.2 Å². The van der Waals surface area contributed by atoms with Gasteiger partial charge in [-0.05, 0) is 46.0 Å². The van der Waals surface area contributed by atoms with E-state index in [-0.39, 0.29) is 23.2 Å². The summed E-state index contributed by atoms with van der Waals surface area (Å²) in [5, 5.41) is 8.37. The number of carbonyl (C=O) groups is 1. The number of likely N-dealkylation sites (N-methyl/N-ethyl adjacent to an activating group) is 1. The normalized spacial score (nSPS) is 11.1. The van der Waals surface area contributed by atoms with Gasteiger partial charge < -0.3 is 20.5 Å². The molecule has 10 heteroatoms. The van der Waals surface area contributed by atoms with E-state index in [4.69, 9.17) is 0 Å². The van der Waals surface area contributed by atoms with Crippen molar-refractivity contribution in [1.82, 2.24) is 30.2 Å². The SMILES string of the molecule is CNCCNC(=O)c1ccc(Nc2ncc(F)c(-c3cnc(C)n3C(C)C)n2)cc1F. The lowest BCUT2D eigenvalue weighted by molar-refractivity contribution is 0.0950. The lowest BCUT2D eigenvalue weighted by Crippen LogP contribution is -2.30. The summed E-state index contributed by atoms with van der Waals surface area (Å²) in [7, 11) is 1.76. The smallest absolute Gasteiger partial charge is 0.254 e. The fraction of sp³-hybridized carbons (Fsp3) is 0.333. The average molecular weight is 429 g/mol. The first-order valence-electron chi connectivity index (χ1n) is 9.88. The van der Waals surface area contributed by atoms with Crippen LogP contribution >= 0.6 is 0 Å². The van der Waals surface area contributed by atoms with Gasteiger partial charge in [0.1, 0.15) is 17.3 Å². The van der Waals surface area contributed by atoms with Gasteiger partial charge in [-0.2, -0.15) is 0 Å². The summed E-state index contributed by atoms with van der Waals surface area (Å²) < 4.78 is 30.8. The van der Waals surface area contributed by atoms with Crippen molar-refractivity contribution in [3.8, 4) is 11.4 Å². The Balaban J connectivity index is 1.84. The van der Waals surface area contributed by atoms with Gasteiger partial charge in [0, 0.05) is 24.8 Å². The van der Waals surface area contributed by atoms with Crippen LogP contribution in [-0.2, 0) is 0 Å². The second-order valence-electron chi connectivity index (χ2n) is 7.22. The molecule has 0 aliphatic carbocycles. The predicted octanol–water partition coefficient (Wildman–Crippen LogP) is 3.20. The Morgan fingerprint density at radius 2 is 1.90 bits per heavy atom. The minimum Gasteiger partial charge on any atom is -0.351 e. The number of nitrogens with zero attached hydrogens (tertiary/aromatic N) is 4. The van der Waals surface area contributed by atoms with E-state index in [1.807, 2.05) is 25.3 Å². The number of aromatic nitrogens is 4. The second-order valence-corrected chi connectivity index (χ2v) is 7.22. The van der Waals surface area contributed by atoms with Crippen LogP contribution in [0.25, 0.3) is 11.4 Å². The summed E-state index contributed by atoms with van der Waals surface area (Å²) in [4.78, 5) is 24.5. The standard InChI is InChI=1S/C21H25F2N7O/c1-12(2)30-13(3)26-11-18(30)19-17(23)10-27-21(29-19)28-14-5-6-15(16(22)9-14)20(31)25-8-7-24-4/h5-6,9-12,24H,7-8H2,1-4H3,(H,25,31)(H,27,28,29). The number of benzene rings is 1. The van der Waals surface area contributed by atoms with Crippen LogP contribution in [0.3, 0.4) is 0 Å². The van der Waals surface area contributed by atoms with Gasteiger partial charge >= 0.3 is 0 Å². The molecular formula is C21H25F2N7O. The zero-order chi connectivity index (χ0) is 22.5. The largest absolute Gasteiger partial charge is 0.351 e. The van der Waals surface area contributed by atoms with Crippen LogP contribution < -0.4 is 16.0 Å². The molecule has 2 heterocycles. The summed E-state index contributed by atoms with van der Waals surface area (Å²) in [6.45, 7) is 6.73. The number of hydrogen-bond donors (Lipinski definition) is 3. The molecule has 1 amide bonds. The average Bonchev–Trinajstić information content (AvgIpc) is 3.11. The van der Waals surface area contributed by atoms with Crippen LogP contribution in [0.1, 0.15) is 36.1 Å². The summed E-state index contributed by atoms with van der Waals surface area (Å²) >= 11 is 0. The maximum Gasteiger partial charge on any atom is 0.254 e. The first-order valence-corrected chi connectivity index (χ1v) is 9.88. The maximum atomic E-state index is 14.5. The van der Waals surface area contributed by atoms with E-state index < -0.39 is 17.5 Å². The molecule has 1 aromatic carbocycles. The van der Waals surface area contributed by atoms with Crippen molar-refractivity contribution in [1.29, 1.82) is 0 Å². The Kier molecular flexibility index (Phi) is 6.91. The van der Waals surface area contributed by atoms with Gasteiger partial charge in [0.05, 0.1) is 23.7 Å². The molecule has 0 atom stereocenters. The van der Waals surface area contributed by atoms with Crippen LogP contribution in [0.4, 0.5) is 20.4 Å². The number of hydrogen-bond acceptors (Lipinski definition) is 6. The molecule has 0 spiro atoms. The molecule has 0 saturated carbocycles. The molecule has 0 aliphatic heterocycles. The van der Waals surface area contributed by atoms with Crippen molar-refractivity contribution in [2.24, 2.45) is 0 Å². The Hall–Kier alpha value is -3.40. The van der Waals surface area contributed by atoms with Crippen LogP contribution in [0.15, 0.2) is 30.6 Å². The highest BCUT2D eigenvalue weighted by molar-refractivity contribution is 5.94. The molecule has 31 heavy (non-hydrogen) atoms. The monoisotopic (exact) mass is 429 g/mol. The number of imidazole rings is 1. The van der Waals surface area contributed by atoms with E-state index in [1.165, 1.54) is 18.2 Å². The summed E-state index contributed by atoms with van der Waals surface area (Å²) in [6, 6.07) is 4.13. The maximum absolute atomic E-state index is 14.5. The molecule has 0 aliphatic rings. The van der Waals surface area contributed by atoms with Gasteiger partial charge in [-0.3, -0.25) is 4.79 Å². The highest BCUT2D eigenvalue weighted by Gasteiger charge is 2.18. The molecule has 0 unspecified atom stereocenters. The number of halogens is 2. The van der Waals surface area contributed by atoms with Gasteiger partial charge in [0.25, 0.3) is 5.91 Å². The van der Waals surface area contributed by atoms with E-state index in [2.05, 4.69) is 30.9 Å². The van der Waals surface area contributed by atoms with Gasteiger partial charge in [-0.25, -0.2) is 23.7 Å². The molecule has 164 valence electrons. The molecule has 0 fully saturated rings. The van der Waals surface area contributed by atoms with Crippen molar-refractivity contribution < 1.29 is 13.6 Å². The van der Waals surface area contributed by atoms with E-state index in [9.17, 15) is 13.6 Å². The van der Waals surface area contributed by atoms with E-state index in [0.717, 1.165) is 12.0 Å². The van der Waals surface area contributed by atoms with E-state index >= 15 is 0 Å². The summed E-state index contributed by atoms with van der Waals surface area (Å²) in [6.07, 6.45) is 2.61. The van der Waals surface area contributed by atoms with Crippen molar-refractivity contribution in [3.63, 3.8) is 0 Å². The van der Waals surface area contributed by atoms with Crippen molar-refractivity contribution in [2.45, 2.75) is 26.8 Å². The molecule has 3 aromatic rings. The molecular weight excluding hydrogens is 404 g/mol. The highest BCUT2D eigenvalue weighted by Crippen LogP contribution is 2.26. The highest BCUT2D eigenvalue weighted by atomic mass is 19.1. The summed E-state index contributed by atoms with van der Waals surface area (Å²) in [5.74, 6) is -0.953. The Bertz CT molecular complexity index is 1080. The zero-order valence-corrected chi connectivity index (χ0v) is 17.8. The molecule has 8 nitrogen and oxygen atoms in total. The number of rotatable bonds is 8. The molecule has 2 aromatic heterocycles. The molecule has 0 radical (unpaired) electrons. The van der Waals surface area contributed by atoms with Gasteiger partial charge in [-0.15, -0.1) is 0 Å². The van der Waals surface area contributed by atoms with Gasteiger partial charge in [0.15, 0.2) is 5.82 Å². The number of amides is 1. The van der Waals surface area contributed by atoms with Crippen molar-refractivity contribution >= 4 is 17.5 Å². The first kappa shape index (κ1) is 22.3. The Morgan fingerprint density at radius 1 is 1.13 bits per heavy atom. The molecule has 3 rings (SSSR count). The first-order chi connectivity index (χ1) is 14.8. The second kappa shape index (κ2) is 9.61. The fourth-order valence-corrected chi connectivity index (χ4v) is 3.19. The van der Waals surface area contributed by atoms with E-state index in [0.29, 0.717) is 24.5 Å². The third-order valence-corrected chi connectivity index (χ3v) is 4.62. The molecule has 0 bridgehead atoms.